The van der Waals surface area contributed by atoms with Gasteiger partial charge in [0.25, 0.3) is 0 Å². The normalized spacial score (nSPS) is 11.2. The van der Waals surface area contributed by atoms with E-state index in [1.54, 1.807) is 31.2 Å². The van der Waals surface area contributed by atoms with Crippen molar-refractivity contribution in [1.29, 1.82) is 0 Å². The number of carbonyl (C=O) groups is 4. The van der Waals surface area contributed by atoms with Gasteiger partial charge in [0, 0.05) is 24.2 Å². The summed E-state index contributed by atoms with van der Waals surface area (Å²) < 4.78 is 5.15. The van der Waals surface area contributed by atoms with Crippen LogP contribution < -0.4 is 16.0 Å². The van der Waals surface area contributed by atoms with Crippen LogP contribution in [0.2, 0.25) is 0 Å². The first-order valence-corrected chi connectivity index (χ1v) is 10.6. The van der Waals surface area contributed by atoms with E-state index in [1.165, 1.54) is 0 Å². The van der Waals surface area contributed by atoms with Crippen LogP contribution in [0.5, 0.6) is 0 Å². The molecule has 2 aromatic carbocycles. The van der Waals surface area contributed by atoms with Crippen LogP contribution in [-0.4, -0.2) is 36.8 Å². The first-order valence-electron chi connectivity index (χ1n) is 10.6. The van der Waals surface area contributed by atoms with Crippen molar-refractivity contribution in [1.82, 2.24) is 10.6 Å². The second kappa shape index (κ2) is 13.6. The predicted molar refractivity (Wildman–Crippen MR) is 121 cm³/mol. The lowest BCUT2D eigenvalue weighted by atomic mass is 10.1. The van der Waals surface area contributed by atoms with Gasteiger partial charge in [0.05, 0.1) is 0 Å². The molecule has 0 bridgehead atoms. The maximum atomic E-state index is 12.6. The number of hydrogen-bond acceptors (Lipinski definition) is 5. The topological polar surface area (TPSA) is 114 Å². The van der Waals surface area contributed by atoms with Gasteiger partial charge < -0.3 is 20.7 Å². The Hall–Kier alpha value is -3.68. The Morgan fingerprint density at radius 3 is 2.38 bits per heavy atom. The van der Waals surface area contributed by atoms with E-state index in [-0.39, 0.29) is 24.8 Å². The van der Waals surface area contributed by atoms with Gasteiger partial charge in [-0.25, -0.2) is 4.79 Å². The fourth-order valence-corrected chi connectivity index (χ4v) is 2.88. The van der Waals surface area contributed by atoms with Crippen molar-refractivity contribution in [3.8, 4) is 0 Å². The molecule has 2 rings (SSSR count). The highest BCUT2D eigenvalue weighted by Gasteiger charge is 2.20. The molecule has 3 amide bonds. The molecule has 32 heavy (non-hydrogen) atoms. The van der Waals surface area contributed by atoms with E-state index in [4.69, 9.17) is 4.74 Å². The lowest BCUT2D eigenvalue weighted by Gasteiger charge is -2.18. The zero-order chi connectivity index (χ0) is 23.2. The number of aldehydes is 1. The minimum atomic E-state index is -0.696. The molecule has 0 aliphatic heterocycles. The Kier molecular flexibility index (Phi) is 10.4. The zero-order valence-corrected chi connectivity index (χ0v) is 18.1. The molecule has 3 N–H and O–H groups in total. The van der Waals surface area contributed by atoms with Crippen LogP contribution in [0.1, 0.15) is 48.5 Å². The maximum absolute atomic E-state index is 12.6. The second-order valence-corrected chi connectivity index (χ2v) is 7.19. The Labute approximate surface area is 187 Å². The molecule has 0 spiro atoms. The second-order valence-electron chi connectivity index (χ2n) is 7.19. The molecule has 170 valence electrons. The fourth-order valence-electron chi connectivity index (χ4n) is 2.88. The molecule has 2 aromatic rings. The Morgan fingerprint density at radius 1 is 1.00 bits per heavy atom. The van der Waals surface area contributed by atoms with Crippen LogP contribution in [0.4, 0.5) is 10.5 Å². The molecular formula is C24H29N3O5. The quantitative estimate of drug-likeness (QED) is 0.346. The van der Waals surface area contributed by atoms with Crippen LogP contribution in [0, 0.1) is 0 Å². The molecule has 0 heterocycles. The molecule has 1 atom stereocenters. The molecule has 0 saturated heterocycles. The van der Waals surface area contributed by atoms with Crippen molar-refractivity contribution in [2.75, 3.05) is 11.9 Å². The number of rotatable bonds is 12. The summed E-state index contributed by atoms with van der Waals surface area (Å²) in [5, 5.41) is 8.16. The van der Waals surface area contributed by atoms with Crippen LogP contribution in [0.3, 0.4) is 0 Å². The van der Waals surface area contributed by atoms with E-state index in [1.807, 2.05) is 30.3 Å². The first-order chi connectivity index (χ1) is 15.5. The van der Waals surface area contributed by atoms with Crippen LogP contribution in [0.15, 0.2) is 54.6 Å². The average Bonchev–Trinajstić information content (AvgIpc) is 2.82. The summed E-state index contributed by atoms with van der Waals surface area (Å²) in [5.41, 5.74) is 1.96. The number of carbonyl (C=O) groups excluding carboxylic acids is 4. The van der Waals surface area contributed by atoms with E-state index in [2.05, 4.69) is 16.0 Å². The van der Waals surface area contributed by atoms with Gasteiger partial charge in [0.2, 0.25) is 11.8 Å². The Morgan fingerprint density at radius 2 is 1.72 bits per heavy atom. The third-order valence-electron chi connectivity index (χ3n) is 4.69. The van der Waals surface area contributed by atoms with Gasteiger partial charge in [-0.2, -0.15) is 0 Å². The summed E-state index contributed by atoms with van der Waals surface area (Å²) in [4.78, 5) is 47.0. The number of anilines is 1. The average molecular weight is 440 g/mol. The Bertz CT molecular complexity index is 884. The third-order valence-corrected chi connectivity index (χ3v) is 4.69. The third kappa shape index (κ3) is 8.99. The van der Waals surface area contributed by atoms with Crippen molar-refractivity contribution in [3.05, 3.63) is 65.7 Å². The largest absolute Gasteiger partial charge is 0.445 e. The molecule has 8 heteroatoms. The molecular weight excluding hydrogens is 410 g/mol. The van der Waals surface area contributed by atoms with Gasteiger partial charge in [-0.1, -0.05) is 37.3 Å². The summed E-state index contributed by atoms with van der Waals surface area (Å²) in [5.74, 6) is -0.551. The summed E-state index contributed by atoms with van der Waals surface area (Å²) in [6.07, 6.45) is 2.16. The van der Waals surface area contributed by atoms with E-state index in [0.717, 1.165) is 11.8 Å². The van der Waals surface area contributed by atoms with Crippen molar-refractivity contribution in [3.63, 3.8) is 0 Å². The predicted octanol–water partition coefficient (Wildman–Crippen LogP) is 3.43. The lowest BCUT2D eigenvalue weighted by Crippen LogP contribution is -2.43. The number of benzene rings is 2. The molecule has 1 unspecified atom stereocenters. The van der Waals surface area contributed by atoms with Gasteiger partial charge in [0.15, 0.2) is 0 Å². The van der Waals surface area contributed by atoms with Gasteiger partial charge in [-0.3, -0.25) is 14.4 Å². The monoisotopic (exact) mass is 439 g/mol. The highest BCUT2D eigenvalue weighted by Crippen LogP contribution is 2.11. The van der Waals surface area contributed by atoms with Crippen LogP contribution >= 0.6 is 0 Å². The van der Waals surface area contributed by atoms with E-state index < -0.39 is 12.1 Å². The molecule has 0 saturated carbocycles. The van der Waals surface area contributed by atoms with Gasteiger partial charge in [-0.15, -0.1) is 0 Å². The van der Waals surface area contributed by atoms with Crippen molar-refractivity contribution >= 4 is 29.9 Å². The highest BCUT2D eigenvalue weighted by molar-refractivity contribution is 5.97. The smallest absolute Gasteiger partial charge is 0.407 e. The SMILES string of the molecule is CCC(=O)NC(CCCCNC(=O)OCc1ccccc1)C(=O)Nc1ccc(C=O)cc1. The number of unbranched alkanes of at least 4 members (excludes halogenated alkanes) is 1. The lowest BCUT2D eigenvalue weighted by molar-refractivity contribution is -0.126. The fraction of sp³-hybridized carbons (Fsp3) is 0.333. The summed E-state index contributed by atoms with van der Waals surface area (Å²) in [6.45, 7) is 2.32. The highest BCUT2D eigenvalue weighted by atomic mass is 16.5. The molecule has 0 aromatic heterocycles. The number of ether oxygens (including phenoxy) is 1. The number of alkyl carbamates (subject to hydrolysis) is 1. The summed E-state index contributed by atoms with van der Waals surface area (Å²) in [6, 6.07) is 15.2. The van der Waals surface area contributed by atoms with Crippen LogP contribution in [0.25, 0.3) is 0 Å². The Balaban J connectivity index is 1.74. The first kappa shape index (κ1) is 24.6. The molecule has 0 radical (unpaired) electrons. The van der Waals surface area contributed by atoms with Crippen molar-refractivity contribution in [2.24, 2.45) is 0 Å². The molecule has 0 aliphatic rings. The minimum Gasteiger partial charge on any atom is -0.445 e. The van der Waals surface area contributed by atoms with Crippen molar-refractivity contribution in [2.45, 2.75) is 45.3 Å². The standard InChI is InChI=1S/C24H29N3O5/c1-2-22(29)27-21(23(30)26-20-13-11-18(16-28)12-14-20)10-6-7-15-25-24(31)32-17-19-8-4-3-5-9-19/h3-5,8-9,11-14,16,21H,2,6-7,10,15,17H2,1H3,(H,25,31)(H,26,30)(H,27,29). The van der Waals surface area contributed by atoms with Crippen molar-refractivity contribution < 1.29 is 23.9 Å². The van der Waals surface area contributed by atoms with Gasteiger partial charge in [-0.05, 0) is 49.1 Å². The zero-order valence-electron chi connectivity index (χ0n) is 18.1. The molecule has 0 fully saturated rings. The van der Waals surface area contributed by atoms with Gasteiger partial charge >= 0.3 is 6.09 Å². The van der Waals surface area contributed by atoms with E-state index in [9.17, 15) is 19.2 Å². The maximum Gasteiger partial charge on any atom is 0.407 e. The minimum absolute atomic E-state index is 0.200. The van der Waals surface area contributed by atoms with Gasteiger partial charge in [0.1, 0.15) is 18.9 Å². The molecule has 0 aliphatic carbocycles. The summed E-state index contributed by atoms with van der Waals surface area (Å²) >= 11 is 0. The van der Waals surface area contributed by atoms with Crippen LogP contribution in [-0.2, 0) is 20.9 Å². The number of hydrogen-bond donors (Lipinski definition) is 3. The number of amides is 3. The van der Waals surface area contributed by atoms with E-state index >= 15 is 0 Å². The molecule has 8 nitrogen and oxygen atoms in total. The van der Waals surface area contributed by atoms with E-state index in [0.29, 0.717) is 37.1 Å². The summed E-state index contributed by atoms with van der Waals surface area (Å²) in [7, 11) is 0. The number of nitrogens with one attached hydrogen (secondary N) is 3.